The van der Waals surface area contributed by atoms with E-state index in [0.29, 0.717) is 0 Å². The van der Waals surface area contributed by atoms with Crippen LogP contribution in [0.5, 0.6) is 0 Å². The van der Waals surface area contributed by atoms with E-state index in [0.717, 1.165) is 18.6 Å². The van der Waals surface area contributed by atoms with Gasteiger partial charge in [-0.1, -0.05) is 0 Å². The highest BCUT2D eigenvalue weighted by molar-refractivity contribution is 5.50. The minimum Gasteiger partial charge on any atom is -0.381 e. The summed E-state index contributed by atoms with van der Waals surface area (Å²) in [5.74, 6) is 8.46. The van der Waals surface area contributed by atoms with Gasteiger partial charge in [-0.3, -0.25) is 0 Å². The van der Waals surface area contributed by atoms with Crippen LogP contribution in [0.25, 0.3) is 0 Å². The van der Waals surface area contributed by atoms with Crippen molar-refractivity contribution < 1.29 is 4.74 Å². The summed E-state index contributed by atoms with van der Waals surface area (Å²) in [4.78, 5) is 0. The Hall–Kier alpha value is -0.0400. The molecule has 64 valence electrons. The highest BCUT2D eigenvalue weighted by Crippen LogP contribution is 3.05. The molecule has 0 aromatic heterocycles. The van der Waals surface area contributed by atoms with Gasteiger partial charge in [-0.05, 0) is 48.3 Å². The summed E-state index contributed by atoms with van der Waals surface area (Å²) in [6.07, 6.45) is 0. The van der Waals surface area contributed by atoms with Gasteiger partial charge in [0.05, 0.1) is 6.61 Å². The molecular weight excluding hydrogens is 148 g/mol. The van der Waals surface area contributed by atoms with Gasteiger partial charge in [0.1, 0.15) is 0 Å². The zero-order chi connectivity index (χ0) is 7.66. The Morgan fingerprint density at radius 2 is 1.58 bits per heavy atom. The molecule has 6 rings (SSSR count). The zero-order valence-electron chi connectivity index (χ0n) is 7.36. The van der Waals surface area contributed by atoms with E-state index in [1.54, 1.807) is 0 Å². The highest BCUT2D eigenvalue weighted by atomic mass is 16.5. The van der Waals surface area contributed by atoms with Gasteiger partial charge in [0, 0.05) is 12.0 Å². The van der Waals surface area contributed by atoms with Crippen LogP contribution in [0.1, 0.15) is 6.92 Å². The van der Waals surface area contributed by atoms with Gasteiger partial charge in [-0.25, -0.2) is 0 Å². The average Bonchev–Trinajstić information content (AvgIpc) is 2.15. The summed E-state index contributed by atoms with van der Waals surface area (Å²) in [5, 5.41) is 0. The van der Waals surface area contributed by atoms with E-state index >= 15 is 0 Å². The van der Waals surface area contributed by atoms with Crippen molar-refractivity contribution in [3.05, 3.63) is 0 Å². The summed E-state index contributed by atoms with van der Waals surface area (Å²) in [5.41, 5.74) is 0.796. The van der Waals surface area contributed by atoms with E-state index < -0.39 is 0 Å². The molecule has 6 saturated carbocycles. The first-order valence-electron chi connectivity index (χ1n) is 5.50. The first-order valence-corrected chi connectivity index (χ1v) is 5.50. The van der Waals surface area contributed by atoms with Crippen LogP contribution in [-0.4, -0.2) is 13.2 Å². The molecule has 0 saturated heterocycles. The van der Waals surface area contributed by atoms with Crippen LogP contribution in [0.3, 0.4) is 0 Å². The second-order valence-electron chi connectivity index (χ2n) is 5.64. The fourth-order valence-electron chi connectivity index (χ4n) is 6.24. The van der Waals surface area contributed by atoms with Crippen LogP contribution < -0.4 is 0 Å². The molecule has 6 fully saturated rings. The lowest BCUT2D eigenvalue weighted by Gasteiger charge is -3.07. The van der Waals surface area contributed by atoms with Crippen LogP contribution in [-0.2, 0) is 4.74 Å². The highest BCUT2D eigenvalue weighted by Gasteiger charge is 3.03. The van der Waals surface area contributed by atoms with Crippen molar-refractivity contribution in [1.29, 1.82) is 0 Å². The third-order valence-electron chi connectivity index (χ3n) is 6.24. The molecule has 12 heavy (non-hydrogen) atoms. The van der Waals surface area contributed by atoms with Gasteiger partial charge in [-0.15, -0.1) is 0 Å². The zero-order valence-corrected chi connectivity index (χ0v) is 7.36. The third-order valence-corrected chi connectivity index (χ3v) is 6.24. The lowest BCUT2D eigenvalue weighted by atomic mass is 8.97. The Morgan fingerprint density at radius 3 is 2.08 bits per heavy atom. The molecule has 0 amide bonds. The van der Waals surface area contributed by atoms with Gasteiger partial charge < -0.3 is 4.74 Å². The average molecular weight is 162 g/mol. The topological polar surface area (TPSA) is 9.23 Å². The van der Waals surface area contributed by atoms with Crippen molar-refractivity contribution in [2.24, 2.45) is 46.8 Å². The van der Waals surface area contributed by atoms with Crippen molar-refractivity contribution in [3.8, 4) is 0 Å². The predicted molar refractivity (Wildman–Crippen MR) is 43.4 cm³/mol. The van der Waals surface area contributed by atoms with Crippen molar-refractivity contribution in [2.75, 3.05) is 13.2 Å². The molecule has 0 aromatic carbocycles. The number of hydrogen-bond acceptors (Lipinski definition) is 1. The molecule has 1 heteroatoms. The number of rotatable bonds is 3. The molecule has 0 aromatic rings. The molecule has 6 aliphatic carbocycles. The van der Waals surface area contributed by atoms with Crippen LogP contribution in [0, 0.1) is 46.8 Å². The van der Waals surface area contributed by atoms with Gasteiger partial charge in [0.2, 0.25) is 0 Å². The standard InChI is InChI=1S/C11H14O/c1-2-12-3-11-8-5-4-6(8)10(11)7(4)9(5)11/h4-10H,2-3H2,1H3. The minimum absolute atomic E-state index is 0.796. The molecule has 0 atom stereocenters. The Balaban J connectivity index is 1.50. The SMILES string of the molecule is CCOCC12C3C4C5C3C1C5C42. The van der Waals surface area contributed by atoms with E-state index in [2.05, 4.69) is 6.92 Å². The normalized spacial score (nSPS) is 82.2. The molecule has 0 spiro atoms. The van der Waals surface area contributed by atoms with Gasteiger partial charge >= 0.3 is 0 Å². The molecule has 0 heterocycles. The Morgan fingerprint density at radius 1 is 1.00 bits per heavy atom. The Kier molecular flexibility index (Phi) is 0.569. The van der Waals surface area contributed by atoms with Crippen molar-refractivity contribution >= 4 is 0 Å². The summed E-state index contributed by atoms with van der Waals surface area (Å²) in [6.45, 7) is 4.18. The van der Waals surface area contributed by atoms with Crippen molar-refractivity contribution in [3.63, 3.8) is 0 Å². The molecule has 1 nitrogen and oxygen atoms in total. The van der Waals surface area contributed by atoms with E-state index in [9.17, 15) is 0 Å². The lowest BCUT2D eigenvalue weighted by Crippen LogP contribution is -3.06. The maximum absolute atomic E-state index is 5.64. The van der Waals surface area contributed by atoms with Crippen molar-refractivity contribution in [2.45, 2.75) is 6.92 Å². The summed E-state index contributed by atoms with van der Waals surface area (Å²) < 4.78 is 5.64. The van der Waals surface area contributed by atoms with Crippen LogP contribution >= 0.6 is 0 Å². The molecule has 6 aliphatic rings. The largest absolute Gasteiger partial charge is 0.381 e. The second-order valence-corrected chi connectivity index (χ2v) is 5.64. The third kappa shape index (κ3) is 0.230. The maximum Gasteiger partial charge on any atom is 0.0530 e. The van der Waals surface area contributed by atoms with E-state index in [-0.39, 0.29) is 0 Å². The molecule has 0 aliphatic heterocycles. The number of hydrogen-bond donors (Lipinski definition) is 0. The molecule has 0 radical (unpaired) electrons. The minimum atomic E-state index is 0.796. The molecular formula is C11H14O. The van der Waals surface area contributed by atoms with Crippen LogP contribution in [0.2, 0.25) is 0 Å². The molecule has 0 bridgehead atoms. The van der Waals surface area contributed by atoms with E-state index in [1.807, 2.05) is 0 Å². The van der Waals surface area contributed by atoms with Crippen LogP contribution in [0.4, 0.5) is 0 Å². The second kappa shape index (κ2) is 1.21. The summed E-state index contributed by atoms with van der Waals surface area (Å²) >= 11 is 0. The number of ether oxygens (including phenoxy) is 1. The first-order chi connectivity index (χ1) is 5.93. The van der Waals surface area contributed by atoms with E-state index in [1.165, 1.54) is 41.4 Å². The van der Waals surface area contributed by atoms with E-state index in [4.69, 9.17) is 4.74 Å². The van der Waals surface area contributed by atoms with Crippen molar-refractivity contribution in [1.82, 2.24) is 0 Å². The predicted octanol–water partition coefficient (Wildman–Crippen LogP) is 1.39. The first kappa shape index (κ1) is 5.64. The molecule has 0 N–H and O–H groups in total. The lowest BCUT2D eigenvalue weighted by molar-refractivity contribution is -0.618. The fraction of sp³-hybridized carbons (Fsp3) is 1.00. The smallest absolute Gasteiger partial charge is 0.0530 e. The molecule has 0 unspecified atom stereocenters. The summed E-state index contributed by atoms with van der Waals surface area (Å²) in [7, 11) is 0. The summed E-state index contributed by atoms with van der Waals surface area (Å²) in [6, 6.07) is 0. The quantitative estimate of drug-likeness (QED) is 0.609. The van der Waals surface area contributed by atoms with Gasteiger partial charge in [0.15, 0.2) is 0 Å². The fourth-order valence-corrected chi connectivity index (χ4v) is 6.24. The van der Waals surface area contributed by atoms with Gasteiger partial charge in [-0.2, -0.15) is 0 Å². The Bertz CT molecular complexity index is 245. The van der Waals surface area contributed by atoms with Crippen LogP contribution in [0.15, 0.2) is 0 Å². The monoisotopic (exact) mass is 162 g/mol. The van der Waals surface area contributed by atoms with Gasteiger partial charge in [0.25, 0.3) is 0 Å². The Labute approximate surface area is 72.5 Å². The maximum atomic E-state index is 5.64.